The normalized spacial score (nSPS) is 13.7. The van der Waals surface area contributed by atoms with Crippen molar-refractivity contribution in [3.8, 4) is 0 Å². The fourth-order valence-corrected chi connectivity index (χ4v) is 4.98. The van der Waals surface area contributed by atoms with Gasteiger partial charge in [0.2, 0.25) is 0 Å². The first-order valence-corrected chi connectivity index (χ1v) is 13.0. The number of ether oxygens (including phenoxy) is 1. The number of amides is 1. The molecule has 4 N–H and O–H groups in total. The van der Waals surface area contributed by atoms with Crippen molar-refractivity contribution < 1.29 is 29.0 Å². The van der Waals surface area contributed by atoms with Gasteiger partial charge in [-0.05, 0) is 36.6 Å². The van der Waals surface area contributed by atoms with Crippen LogP contribution in [0.4, 0.5) is 0 Å². The van der Waals surface area contributed by atoms with E-state index >= 15 is 0 Å². The van der Waals surface area contributed by atoms with Crippen molar-refractivity contribution in [2.45, 2.75) is 52.0 Å². The van der Waals surface area contributed by atoms with Crippen molar-refractivity contribution in [2.75, 3.05) is 0 Å². The van der Waals surface area contributed by atoms with Gasteiger partial charge in [-0.15, -0.1) is 0 Å². The highest BCUT2D eigenvalue weighted by Crippen LogP contribution is 2.27. The Balaban J connectivity index is 1.94. The summed E-state index contributed by atoms with van der Waals surface area (Å²) in [5, 5.41) is 13.3. The van der Waals surface area contributed by atoms with E-state index in [1.165, 1.54) is 0 Å². The molecule has 0 saturated heterocycles. The van der Waals surface area contributed by atoms with E-state index in [1.807, 2.05) is 31.2 Å². The second-order valence-corrected chi connectivity index (χ2v) is 10.5. The lowest BCUT2D eigenvalue weighted by molar-refractivity contribution is -0.148. The van der Waals surface area contributed by atoms with E-state index < -0.39 is 54.0 Å². The van der Waals surface area contributed by atoms with Crippen molar-refractivity contribution in [3.05, 3.63) is 69.3 Å². The van der Waals surface area contributed by atoms with E-state index in [4.69, 9.17) is 38.8 Å². The van der Waals surface area contributed by atoms with Gasteiger partial charge in [0, 0.05) is 33.6 Å². The average molecular weight is 576 g/mol. The van der Waals surface area contributed by atoms with Gasteiger partial charge in [0.25, 0.3) is 5.91 Å². The molecule has 2 unspecified atom stereocenters. The van der Waals surface area contributed by atoms with Gasteiger partial charge in [0.1, 0.15) is 5.69 Å². The highest BCUT2D eigenvalue weighted by atomic mass is 35.5. The first kappa shape index (κ1) is 30.3. The highest BCUT2D eigenvalue weighted by molar-refractivity contribution is 6.36. The molecule has 9 nitrogen and oxygen atoms in total. The minimum absolute atomic E-state index is 0.260. The first-order valence-electron chi connectivity index (χ1n) is 12.3. The second-order valence-electron chi connectivity index (χ2n) is 9.65. The van der Waals surface area contributed by atoms with Crippen LogP contribution in [0.3, 0.4) is 0 Å². The summed E-state index contributed by atoms with van der Waals surface area (Å²) in [6, 6.07) is 9.64. The summed E-state index contributed by atoms with van der Waals surface area (Å²) in [5.74, 6) is -3.95. The van der Waals surface area contributed by atoms with Crippen LogP contribution in [0.2, 0.25) is 10.0 Å². The summed E-state index contributed by atoms with van der Waals surface area (Å²) in [6.45, 7) is 4.92. The van der Waals surface area contributed by atoms with Crippen molar-refractivity contribution in [1.82, 2.24) is 9.88 Å². The van der Waals surface area contributed by atoms with E-state index in [-0.39, 0.29) is 16.7 Å². The maximum atomic E-state index is 13.8. The molecule has 0 aliphatic heterocycles. The van der Waals surface area contributed by atoms with Crippen molar-refractivity contribution in [1.29, 1.82) is 0 Å². The Morgan fingerprint density at radius 2 is 1.64 bits per heavy atom. The summed E-state index contributed by atoms with van der Waals surface area (Å²) in [6.07, 6.45) is -2.47. The predicted octanol–water partition coefficient (Wildman–Crippen LogP) is 4.07. The minimum Gasteiger partial charge on any atom is -0.481 e. The van der Waals surface area contributed by atoms with E-state index in [0.717, 1.165) is 16.5 Å². The Morgan fingerprint density at radius 3 is 2.21 bits per heavy atom. The summed E-state index contributed by atoms with van der Waals surface area (Å²) >= 11 is 12.4. The molecule has 0 fully saturated rings. The number of hydrogen-bond donors (Lipinski definition) is 3. The van der Waals surface area contributed by atoms with Crippen LogP contribution in [0.25, 0.3) is 10.9 Å². The Bertz CT molecular complexity index is 1360. The number of aromatic nitrogens is 1. The van der Waals surface area contributed by atoms with Gasteiger partial charge in [-0.3, -0.25) is 19.2 Å². The van der Waals surface area contributed by atoms with Gasteiger partial charge >= 0.3 is 5.97 Å². The number of fused-ring (bicyclic) bond motifs is 1. The zero-order chi connectivity index (χ0) is 29.0. The first-order chi connectivity index (χ1) is 18.3. The van der Waals surface area contributed by atoms with Crippen molar-refractivity contribution in [3.63, 3.8) is 0 Å². The Hall–Kier alpha value is -3.24. The number of Topliss-reactive ketones (excluding diaryl/α,β-unsaturated/α-hetero) is 2. The quantitative estimate of drug-likeness (QED) is 0.276. The molecule has 3 atom stereocenters. The molecule has 1 aromatic heterocycles. The molecule has 3 rings (SSSR count). The zero-order valence-corrected chi connectivity index (χ0v) is 23.5. The number of ketones is 2. The number of benzene rings is 2. The predicted molar refractivity (Wildman–Crippen MR) is 149 cm³/mol. The standard InChI is InChI=1S/C28H31Cl2N3O6/c1-14(2)23(32-28(38)24-15(3)16-8-5-6-11-21(16)33(24)4)26(37)27(25(36)20(31)12-22(34)35)39-13-17-18(29)9-7-10-19(17)30/h5-11,14,20,23,27H,12-13,31H2,1-4H3,(H,32,38)(H,34,35)/t20?,23-,27?/m0/s1. The van der Waals surface area contributed by atoms with Crippen LogP contribution < -0.4 is 11.1 Å². The van der Waals surface area contributed by atoms with Gasteiger partial charge in [-0.2, -0.15) is 0 Å². The molecule has 3 aromatic rings. The van der Waals surface area contributed by atoms with Crippen molar-refractivity contribution in [2.24, 2.45) is 18.7 Å². The number of nitrogens with zero attached hydrogens (tertiary/aromatic N) is 1. The van der Waals surface area contributed by atoms with E-state index in [0.29, 0.717) is 11.3 Å². The molecule has 0 bridgehead atoms. The smallest absolute Gasteiger partial charge is 0.305 e. The highest BCUT2D eigenvalue weighted by Gasteiger charge is 2.39. The summed E-state index contributed by atoms with van der Waals surface area (Å²) in [4.78, 5) is 51.7. The lowest BCUT2D eigenvalue weighted by Crippen LogP contribution is -2.54. The topological polar surface area (TPSA) is 141 Å². The Morgan fingerprint density at radius 1 is 1.03 bits per heavy atom. The van der Waals surface area contributed by atoms with Gasteiger partial charge in [-0.25, -0.2) is 0 Å². The molecule has 0 radical (unpaired) electrons. The van der Waals surface area contributed by atoms with Crippen LogP contribution in [0.5, 0.6) is 0 Å². The average Bonchev–Trinajstić information content (AvgIpc) is 3.13. The molecular weight excluding hydrogens is 545 g/mol. The van der Waals surface area contributed by atoms with Gasteiger partial charge < -0.3 is 25.5 Å². The molecule has 208 valence electrons. The van der Waals surface area contributed by atoms with Crippen LogP contribution in [0.1, 0.15) is 41.9 Å². The lowest BCUT2D eigenvalue weighted by atomic mass is 9.91. The molecular formula is C28H31Cl2N3O6. The molecule has 0 aliphatic carbocycles. The second kappa shape index (κ2) is 12.7. The minimum atomic E-state index is -1.77. The number of carbonyl (C=O) groups is 4. The maximum Gasteiger partial charge on any atom is 0.305 e. The number of carboxylic acids is 1. The third-order valence-electron chi connectivity index (χ3n) is 6.57. The zero-order valence-electron chi connectivity index (χ0n) is 22.0. The van der Waals surface area contributed by atoms with Crippen LogP contribution in [-0.4, -0.2) is 51.3 Å². The molecule has 11 heteroatoms. The maximum absolute atomic E-state index is 13.8. The molecule has 0 saturated carbocycles. The van der Waals surface area contributed by atoms with Crippen LogP contribution in [0, 0.1) is 12.8 Å². The molecule has 0 aliphatic rings. The fraction of sp³-hybridized carbons (Fsp3) is 0.357. The third kappa shape index (κ3) is 6.67. The molecule has 39 heavy (non-hydrogen) atoms. The van der Waals surface area contributed by atoms with E-state index in [1.54, 1.807) is 43.7 Å². The number of halogens is 2. The van der Waals surface area contributed by atoms with E-state index in [9.17, 15) is 19.2 Å². The number of rotatable bonds is 12. The largest absolute Gasteiger partial charge is 0.481 e. The number of nitrogens with two attached hydrogens (primary N) is 1. The van der Waals surface area contributed by atoms with Crippen LogP contribution >= 0.6 is 23.2 Å². The lowest BCUT2D eigenvalue weighted by Gasteiger charge is -2.27. The number of para-hydroxylation sites is 1. The summed E-state index contributed by atoms with van der Waals surface area (Å²) in [5.41, 5.74) is 8.12. The van der Waals surface area contributed by atoms with E-state index in [2.05, 4.69) is 5.32 Å². The third-order valence-corrected chi connectivity index (χ3v) is 7.28. The number of hydrogen-bond acceptors (Lipinski definition) is 6. The molecule has 1 heterocycles. The van der Waals surface area contributed by atoms with Crippen LogP contribution in [-0.2, 0) is 32.8 Å². The SMILES string of the molecule is Cc1c(C(=O)N[C@H](C(=O)C(OCc2c(Cl)cccc2Cl)C(=O)C(N)CC(=O)O)C(C)C)n(C)c2ccccc12. The summed E-state index contributed by atoms with van der Waals surface area (Å²) < 4.78 is 7.47. The molecule has 2 aromatic carbocycles. The van der Waals surface area contributed by atoms with Crippen molar-refractivity contribution >= 4 is 57.5 Å². The number of aliphatic carboxylic acids is 1. The molecule has 0 spiro atoms. The monoisotopic (exact) mass is 575 g/mol. The van der Waals surface area contributed by atoms with Crippen LogP contribution in [0.15, 0.2) is 42.5 Å². The fourth-order valence-electron chi connectivity index (χ4n) is 4.47. The number of carbonyl (C=O) groups excluding carboxylic acids is 3. The van der Waals surface area contributed by atoms with Gasteiger partial charge in [0.15, 0.2) is 17.7 Å². The van der Waals surface area contributed by atoms with Gasteiger partial charge in [0.05, 0.1) is 25.1 Å². The molecule has 1 amide bonds. The Labute approximate surface area is 236 Å². The number of aryl methyl sites for hydroxylation is 2. The Kier molecular flexibility index (Phi) is 9.90. The van der Waals surface area contributed by atoms with Gasteiger partial charge in [-0.1, -0.05) is 61.3 Å². The summed E-state index contributed by atoms with van der Waals surface area (Å²) in [7, 11) is 1.75. The number of nitrogens with one attached hydrogen (secondary N) is 1. The number of carboxylic acid groups (broad SMARTS) is 1.